The second-order valence-corrected chi connectivity index (χ2v) is 7.94. The van der Waals surface area contributed by atoms with Gasteiger partial charge in [-0.2, -0.15) is 0 Å². The summed E-state index contributed by atoms with van der Waals surface area (Å²) in [5, 5.41) is 0.994. The predicted molar refractivity (Wildman–Crippen MR) is 94.9 cm³/mol. The van der Waals surface area contributed by atoms with Crippen LogP contribution < -0.4 is 4.74 Å². The van der Waals surface area contributed by atoms with Gasteiger partial charge in [0.15, 0.2) is 0 Å². The second kappa shape index (κ2) is 6.24. The molecule has 124 valence electrons. The van der Waals surface area contributed by atoms with Crippen LogP contribution in [0, 0.1) is 6.92 Å². The minimum atomic E-state index is -3.84. The van der Waals surface area contributed by atoms with Crippen molar-refractivity contribution in [3.8, 4) is 5.75 Å². The molecular formula is C17H13Cl2NO3S. The number of benzene rings is 2. The Morgan fingerprint density at radius 1 is 1.08 bits per heavy atom. The van der Waals surface area contributed by atoms with Crippen molar-refractivity contribution in [2.75, 3.05) is 7.11 Å². The van der Waals surface area contributed by atoms with E-state index in [1.165, 1.54) is 25.4 Å². The maximum absolute atomic E-state index is 12.9. The molecule has 3 aromatic rings. The fourth-order valence-corrected chi connectivity index (χ4v) is 4.36. The maximum atomic E-state index is 12.9. The number of ether oxygens (including phenoxy) is 1. The van der Waals surface area contributed by atoms with E-state index in [4.69, 9.17) is 27.9 Å². The molecule has 1 aromatic heterocycles. The average molecular weight is 382 g/mol. The van der Waals surface area contributed by atoms with E-state index < -0.39 is 9.84 Å². The number of sulfone groups is 1. The number of pyridine rings is 1. The van der Waals surface area contributed by atoms with Crippen molar-refractivity contribution in [1.82, 2.24) is 4.98 Å². The molecule has 3 rings (SSSR count). The summed E-state index contributed by atoms with van der Waals surface area (Å²) in [7, 11) is -2.31. The molecule has 0 spiro atoms. The van der Waals surface area contributed by atoms with Crippen LogP contribution in [-0.4, -0.2) is 20.5 Å². The molecule has 0 saturated carbocycles. The van der Waals surface area contributed by atoms with Crippen molar-refractivity contribution in [1.29, 1.82) is 0 Å². The van der Waals surface area contributed by atoms with E-state index in [1.54, 1.807) is 31.2 Å². The van der Waals surface area contributed by atoms with Crippen LogP contribution in [0.3, 0.4) is 0 Å². The Balaban J connectivity index is 2.24. The molecule has 0 atom stereocenters. The Morgan fingerprint density at radius 3 is 2.50 bits per heavy atom. The number of methoxy groups -OCH3 is 1. The summed E-state index contributed by atoms with van der Waals surface area (Å²) >= 11 is 12.4. The molecule has 0 saturated heterocycles. The van der Waals surface area contributed by atoms with Crippen molar-refractivity contribution in [3.63, 3.8) is 0 Å². The largest absolute Gasteiger partial charge is 0.497 e. The molecule has 0 amide bonds. The van der Waals surface area contributed by atoms with Gasteiger partial charge in [0, 0.05) is 16.6 Å². The number of rotatable bonds is 3. The van der Waals surface area contributed by atoms with E-state index in [-0.39, 0.29) is 14.8 Å². The lowest BCUT2D eigenvalue weighted by Crippen LogP contribution is -2.04. The lowest BCUT2D eigenvalue weighted by atomic mass is 10.2. The molecule has 2 aromatic carbocycles. The summed E-state index contributed by atoms with van der Waals surface area (Å²) in [5.41, 5.74) is 1.38. The number of nitrogens with zero attached hydrogens (tertiary/aromatic N) is 1. The van der Waals surface area contributed by atoms with Crippen molar-refractivity contribution in [2.45, 2.75) is 16.7 Å². The highest BCUT2D eigenvalue weighted by Crippen LogP contribution is 2.34. The van der Waals surface area contributed by atoms with Crippen LogP contribution >= 0.6 is 23.2 Å². The molecule has 0 fully saturated rings. The Bertz CT molecular complexity index is 1050. The number of halogens is 2. The van der Waals surface area contributed by atoms with Gasteiger partial charge in [0.05, 0.1) is 22.5 Å². The SMILES string of the molecule is COc1ccc2ncc(S(=O)(=O)c3ccc(C)c(Cl)c3)c(Cl)c2c1. The third kappa shape index (κ3) is 2.83. The molecule has 24 heavy (non-hydrogen) atoms. The highest BCUT2D eigenvalue weighted by atomic mass is 35.5. The zero-order chi connectivity index (χ0) is 17.5. The normalized spacial score (nSPS) is 11.7. The topological polar surface area (TPSA) is 56.3 Å². The molecule has 4 nitrogen and oxygen atoms in total. The molecule has 0 unspecified atom stereocenters. The highest BCUT2D eigenvalue weighted by Gasteiger charge is 2.23. The van der Waals surface area contributed by atoms with Gasteiger partial charge in [-0.25, -0.2) is 8.42 Å². The summed E-state index contributed by atoms with van der Waals surface area (Å²) in [6.07, 6.45) is 1.26. The molecule has 0 aliphatic heterocycles. The van der Waals surface area contributed by atoms with Crippen LogP contribution in [0.15, 0.2) is 52.4 Å². The monoisotopic (exact) mass is 381 g/mol. The predicted octanol–water partition coefficient (Wildman–Crippen LogP) is 4.69. The summed E-state index contributed by atoms with van der Waals surface area (Å²) < 4.78 is 31.0. The Hall–Kier alpha value is -1.82. The summed E-state index contributed by atoms with van der Waals surface area (Å²) in [6.45, 7) is 1.80. The van der Waals surface area contributed by atoms with Gasteiger partial charge in [-0.3, -0.25) is 4.98 Å². The van der Waals surface area contributed by atoms with E-state index >= 15 is 0 Å². The first kappa shape index (κ1) is 17.0. The quantitative estimate of drug-likeness (QED) is 0.659. The molecule has 7 heteroatoms. The van der Waals surface area contributed by atoms with Crippen molar-refractivity contribution >= 4 is 43.9 Å². The fraction of sp³-hybridized carbons (Fsp3) is 0.118. The number of hydrogen-bond donors (Lipinski definition) is 0. The van der Waals surface area contributed by atoms with E-state index in [9.17, 15) is 8.42 Å². The maximum Gasteiger partial charge on any atom is 0.209 e. The van der Waals surface area contributed by atoms with Crippen molar-refractivity contribution in [3.05, 3.63) is 58.2 Å². The van der Waals surface area contributed by atoms with E-state index in [2.05, 4.69) is 4.98 Å². The third-order valence-corrected chi connectivity index (χ3v) is 6.41. The first-order valence-electron chi connectivity index (χ1n) is 6.98. The molecule has 0 N–H and O–H groups in total. The lowest BCUT2D eigenvalue weighted by molar-refractivity contribution is 0.415. The number of fused-ring (bicyclic) bond motifs is 1. The zero-order valence-electron chi connectivity index (χ0n) is 12.9. The third-order valence-electron chi connectivity index (χ3n) is 3.72. The molecule has 0 bridgehead atoms. The summed E-state index contributed by atoms with van der Waals surface area (Å²) in [4.78, 5) is 4.21. The molecule has 1 heterocycles. The Kier molecular flexibility index (Phi) is 4.42. The smallest absolute Gasteiger partial charge is 0.209 e. The Morgan fingerprint density at radius 2 is 1.83 bits per heavy atom. The van der Waals surface area contributed by atoms with Gasteiger partial charge in [0.25, 0.3) is 0 Å². The van der Waals surface area contributed by atoms with Crippen LogP contribution in [-0.2, 0) is 9.84 Å². The van der Waals surface area contributed by atoms with E-state index in [0.29, 0.717) is 21.7 Å². The van der Waals surface area contributed by atoms with E-state index in [0.717, 1.165) is 5.56 Å². The number of aromatic nitrogens is 1. The van der Waals surface area contributed by atoms with Gasteiger partial charge in [0.2, 0.25) is 9.84 Å². The van der Waals surface area contributed by atoms with Gasteiger partial charge >= 0.3 is 0 Å². The first-order chi connectivity index (χ1) is 11.3. The highest BCUT2D eigenvalue weighted by molar-refractivity contribution is 7.91. The minimum Gasteiger partial charge on any atom is -0.497 e. The van der Waals surface area contributed by atoms with Crippen LogP contribution in [0.5, 0.6) is 5.75 Å². The van der Waals surface area contributed by atoms with Gasteiger partial charge in [-0.15, -0.1) is 0 Å². The molecular weight excluding hydrogens is 369 g/mol. The van der Waals surface area contributed by atoms with Gasteiger partial charge in [-0.1, -0.05) is 29.3 Å². The lowest BCUT2D eigenvalue weighted by Gasteiger charge is -2.10. The second-order valence-electron chi connectivity index (χ2n) is 5.23. The van der Waals surface area contributed by atoms with Crippen molar-refractivity contribution in [2.24, 2.45) is 0 Å². The van der Waals surface area contributed by atoms with Gasteiger partial charge in [0.1, 0.15) is 10.6 Å². The van der Waals surface area contributed by atoms with Crippen LogP contribution in [0.1, 0.15) is 5.56 Å². The average Bonchev–Trinajstić information content (AvgIpc) is 2.57. The van der Waals surface area contributed by atoms with Crippen LogP contribution in [0.2, 0.25) is 10.0 Å². The zero-order valence-corrected chi connectivity index (χ0v) is 15.2. The van der Waals surface area contributed by atoms with Crippen LogP contribution in [0.4, 0.5) is 0 Å². The first-order valence-corrected chi connectivity index (χ1v) is 9.22. The standard InChI is InChI=1S/C17H13Cl2NO3S/c1-10-3-5-12(8-14(10)18)24(21,22)16-9-20-15-6-4-11(23-2)7-13(15)17(16)19/h3-9H,1-2H3. The summed E-state index contributed by atoms with van der Waals surface area (Å²) in [6, 6.07) is 9.69. The molecule has 0 aliphatic rings. The molecule has 0 radical (unpaired) electrons. The number of hydrogen-bond acceptors (Lipinski definition) is 4. The van der Waals surface area contributed by atoms with E-state index in [1.807, 2.05) is 0 Å². The van der Waals surface area contributed by atoms with Gasteiger partial charge in [-0.05, 0) is 42.8 Å². The van der Waals surface area contributed by atoms with Gasteiger partial charge < -0.3 is 4.74 Å². The minimum absolute atomic E-state index is 0.0650. The Labute approximate surface area is 149 Å². The number of aryl methyl sites for hydroxylation is 1. The van der Waals surface area contributed by atoms with Crippen molar-refractivity contribution < 1.29 is 13.2 Å². The summed E-state index contributed by atoms with van der Waals surface area (Å²) in [5.74, 6) is 0.569. The van der Waals surface area contributed by atoms with Crippen LogP contribution in [0.25, 0.3) is 10.9 Å². The fourth-order valence-electron chi connectivity index (χ4n) is 2.30. The molecule has 0 aliphatic carbocycles.